The monoisotopic (exact) mass is 433 g/mol. The van der Waals surface area contributed by atoms with E-state index in [1.165, 1.54) is 5.56 Å². The highest BCUT2D eigenvalue weighted by Crippen LogP contribution is 2.42. The Bertz CT molecular complexity index is 986. The van der Waals surface area contributed by atoms with Gasteiger partial charge in [-0.2, -0.15) is 0 Å². The van der Waals surface area contributed by atoms with Crippen molar-refractivity contribution >= 4 is 17.3 Å². The fourth-order valence-electron chi connectivity index (χ4n) is 4.94. The summed E-state index contributed by atoms with van der Waals surface area (Å²) >= 11 is 0. The van der Waals surface area contributed by atoms with Crippen molar-refractivity contribution in [2.75, 3.05) is 44.2 Å². The second-order valence-electron chi connectivity index (χ2n) is 9.72. The summed E-state index contributed by atoms with van der Waals surface area (Å²) in [4.78, 5) is 21.4. The molecule has 0 atom stereocenters. The van der Waals surface area contributed by atoms with Crippen LogP contribution < -0.4 is 4.90 Å². The van der Waals surface area contributed by atoms with Crippen LogP contribution in [0.4, 0.5) is 5.82 Å². The number of allylic oxidation sites excluding steroid dienone is 1. The van der Waals surface area contributed by atoms with E-state index in [0.29, 0.717) is 6.61 Å². The highest BCUT2D eigenvalue weighted by atomic mass is 16.2. The maximum atomic E-state index is 11.6. The molecule has 5 nitrogen and oxygen atoms in total. The fraction of sp³-hybridized carbons (Fsp3) is 0.519. The van der Waals surface area contributed by atoms with Crippen molar-refractivity contribution in [3.63, 3.8) is 0 Å². The Morgan fingerprint density at radius 1 is 1.06 bits per heavy atom. The van der Waals surface area contributed by atoms with E-state index in [9.17, 15) is 4.79 Å². The molecule has 0 saturated carbocycles. The second kappa shape index (κ2) is 9.99. The van der Waals surface area contributed by atoms with Gasteiger partial charge in [0.25, 0.3) is 0 Å². The topological polar surface area (TPSA) is 56.7 Å². The average Bonchev–Trinajstić information content (AvgIpc) is 2.82. The minimum atomic E-state index is 0.0707. The number of piperazine rings is 1. The van der Waals surface area contributed by atoms with Gasteiger partial charge in [-0.15, -0.1) is 0 Å². The van der Waals surface area contributed by atoms with Crippen LogP contribution in [0.15, 0.2) is 36.4 Å². The summed E-state index contributed by atoms with van der Waals surface area (Å²) in [5.41, 5.74) is 5.13. The third-order valence-corrected chi connectivity index (χ3v) is 7.06. The van der Waals surface area contributed by atoms with Gasteiger partial charge in [0, 0.05) is 43.9 Å². The van der Waals surface area contributed by atoms with Gasteiger partial charge in [-0.05, 0) is 73.4 Å². The summed E-state index contributed by atoms with van der Waals surface area (Å²) in [6, 6.07) is 12.7. The molecule has 2 aromatic rings. The van der Waals surface area contributed by atoms with Gasteiger partial charge in [-0.1, -0.05) is 32.0 Å². The molecule has 0 radical (unpaired) electrons. The molecule has 2 heterocycles. The van der Waals surface area contributed by atoms with E-state index in [1.807, 2.05) is 0 Å². The van der Waals surface area contributed by atoms with Crippen LogP contribution in [0.5, 0.6) is 0 Å². The first-order chi connectivity index (χ1) is 15.5. The Kier molecular flexibility index (Phi) is 7.10. The molecule has 170 valence electrons. The van der Waals surface area contributed by atoms with E-state index >= 15 is 0 Å². The van der Waals surface area contributed by atoms with Gasteiger partial charge in [-0.25, -0.2) is 9.78 Å². The third kappa shape index (κ3) is 4.96. The van der Waals surface area contributed by atoms with Gasteiger partial charge in [0.2, 0.25) is 0 Å². The number of rotatable bonds is 7. The number of hydrogen-bond acceptors (Lipinski definition) is 5. The number of pyridine rings is 1. The van der Waals surface area contributed by atoms with Crippen molar-refractivity contribution in [1.29, 1.82) is 0 Å². The second-order valence-corrected chi connectivity index (χ2v) is 9.72. The lowest BCUT2D eigenvalue weighted by molar-refractivity contribution is 0.242. The maximum Gasteiger partial charge on any atom is 0.129 e. The predicted molar refractivity (Wildman–Crippen MR) is 131 cm³/mol. The number of aliphatic hydroxyl groups is 1. The van der Waals surface area contributed by atoms with E-state index in [-0.39, 0.29) is 5.41 Å². The van der Waals surface area contributed by atoms with Crippen molar-refractivity contribution in [1.82, 2.24) is 9.88 Å². The van der Waals surface area contributed by atoms with Gasteiger partial charge in [0.05, 0.1) is 5.69 Å². The molecule has 2 aliphatic rings. The van der Waals surface area contributed by atoms with Crippen LogP contribution in [0.25, 0.3) is 16.8 Å². The number of nitrogens with zero attached hydrogens (tertiary/aromatic N) is 3. The van der Waals surface area contributed by atoms with Crippen LogP contribution in [0, 0.1) is 0 Å². The lowest BCUT2D eigenvalue weighted by Crippen LogP contribution is -2.46. The summed E-state index contributed by atoms with van der Waals surface area (Å²) in [5.74, 6) is 3.21. The van der Waals surface area contributed by atoms with Gasteiger partial charge < -0.3 is 10.0 Å². The zero-order valence-corrected chi connectivity index (χ0v) is 19.4. The van der Waals surface area contributed by atoms with Crippen LogP contribution in [0.2, 0.25) is 0 Å². The Balaban J connectivity index is 1.48. The molecule has 1 aliphatic heterocycles. The molecule has 32 heavy (non-hydrogen) atoms. The lowest BCUT2D eigenvalue weighted by Gasteiger charge is -2.35. The van der Waals surface area contributed by atoms with Gasteiger partial charge in [0.15, 0.2) is 0 Å². The van der Waals surface area contributed by atoms with Gasteiger partial charge in [0.1, 0.15) is 11.8 Å². The number of benzene rings is 1. The van der Waals surface area contributed by atoms with Crippen molar-refractivity contribution < 1.29 is 9.90 Å². The molecule has 1 N–H and O–H groups in total. The molecule has 1 aromatic carbocycles. The molecule has 4 rings (SSSR count). The number of unbranched alkanes of at least 4 members (excludes halogenated alkanes) is 2. The average molecular weight is 434 g/mol. The zero-order valence-electron chi connectivity index (χ0n) is 19.4. The number of hydrogen-bond donors (Lipinski definition) is 1. The molecule has 0 amide bonds. The first kappa shape index (κ1) is 22.7. The minimum Gasteiger partial charge on any atom is -0.396 e. The summed E-state index contributed by atoms with van der Waals surface area (Å²) in [7, 11) is 0. The van der Waals surface area contributed by atoms with Crippen LogP contribution in [-0.2, 0) is 10.2 Å². The summed E-state index contributed by atoms with van der Waals surface area (Å²) < 4.78 is 0. The highest BCUT2D eigenvalue weighted by Gasteiger charge is 2.30. The maximum absolute atomic E-state index is 11.6. The van der Waals surface area contributed by atoms with Crippen LogP contribution in [-0.4, -0.2) is 60.3 Å². The Labute approximate surface area is 191 Å². The van der Waals surface area contributed by atoms with E-state index < -0.39 is 0 Å². The molecule has 5 heteroatoms. The largest absolute Gasteiger partial charge is 0.396 e. The van der Waals surface area contributed by atoms with E-state index in [4.69, 9.17) is 10.1 Å². The van der Waals surface area contributed by atoms with E-state index in [0.717, 1.165) is 93.0 Å². The van der Waals surface area contributed by atoms with E-state index in [2.05, 4.69) is 66.0 Å². The first-order valence-corrected chi connectivity index (χ1v) is 12.0. The first-order valence-electron chi connectivity index (χ1n) is 12.0. The van der Waals surface area contributed by atoms with Crippen molar-refractivity contribution in [3.8, 4) is 11.3 Å². The van der Waals surface area contributed by atoms with Crippen LogP contribution >= 0.6 is 0 Å². The fourth-order valence-corrected chi connectivity index (χ4v) is 4.94. The van der Waals surface area contributed by atoms with Crippen molar-refractivity contribution in [3.05, 3.63) is 47.5 Å². The quantitative estimate of drug-likeness (QED) is 0.521. The summed E-state index contributed by atoms with van der Waals surface area (Å²) in [5, 5.41) is 8.93. The normalized spacial score (nSPS) is 18.3. The Morgan fingerprint density at radius 2 is 1.88 bits per heavy atom. The molecule has 0 spiro atoms. The molecule has 1 saturated heterocycles. The molecule has 0 unspecified atom stereocenters. The lowest BCUT2D eigenvalue weighted by atomic mass is 9.71. The van der Waals surface area contributed by atoms with Gasteiger partial charge >= 0.3 is 0 Å². The third-order valence-electron chi connectivity index (χ3n) is 7.06. The van der Waals surface area contributed by atoms with Crippen molar-refractivity contribution in [2.45, 2.75) is 51.4 Å². The number of aromatic nitrogens is 1. The number of fused-ring (bicyclic) bond motifs is 1. The van der Waals surface area contributed by atoms with Crippen LogP contribution in [0.3, 0.4) is 0 Å². The zero-order chi connectivity index (χ0) is 22.6. The number of carbonyl (C=O) groups excluding carboxylic acids is 1. The predicted octanol–water partition coefficient (Wildman–Crippen LogP) is 4.32. The minimum absolute atomic E-state index is 0.0707. The van der Waals surface area contributed by atoms with Crippen LogP contribution in [0.1, 0.15) is 57.1 Å². The standard InChI is InChI=1S/C27H35N3O2/c1-27(2)12-11-22(20-32)23-19-21(9-10-24(23)27)25-7-6-8-26(28-25)30-16-14-29(15-17-30)13-4-3-5-18-31/h6-10,19,31H,3-5,11-18H2,1-2H3. The number of aliphatic hydroxyl groups excluding tert-OH is 1. The van der Waals surface area contributed by atoms with Crippen molar-refractivity contribution in [2.24, 2.45) is 0 Å². The summed E-state index contributed by atoms with van der Waals surface area (Å²) in [6.07, 6.45) is 4.91. The molecular weight excluding hydrogens is 398 g/mol. The smallest absolute Gasteiger partial charge is 0.129 e. The van der Waals surface area contributed by atoms with Gasteiger partial charge in [-0.3, -0.25) is 4.90 Å². The number of anilines is 1. The summed E-state index contributed by atoms with van der Waals surface area (Å²) in [6.45, 7) is 9.96. The molecular formula is C27H35N3O2. The Morgan fingerprint density at radius 3 is 2.62 bits per heavy atom. The highest BCUT2D eigenvalue weighted by molar-refractivity contribution is 5.91. The molecule has 1 aromatic heterocycles. The Hall–Kier alpha value is -2.46. The molecule has 1 fully saturated rings. The molecule has 1 aliphatic carbocycles. The van der Waals surface area contributed by atoms with E-state index in [1.54, 1.807) is 0 Å². The molecule has 0 bridgehead atoms. The SMILES string of the molecule is CC1(C)CCC(=C=O)c2cc(-c3cccc(N4CCN(CCCCCO)CC4)n3)ccc21.